The van der Waals surface area contributed by atoms with Crippen LogP contribution in [0.1, 0.15) is 23.6 Å². The monoisotopic (exact) mass is 702 g/mol. The van der Waals surface area contributed by atoms with Crippen molar-refractivity contribution in [3.05, 3.63) is 95.1 Å². The Labute approximate surface area is 235 Å². The standard InChI is InChI=1S/C25H15BrF3IN2O6/c1-2-36-22-10-13(9-18-24(33)38-23(31-18)14-4-6-17(30)16(26)11-14)3-7-21(22)37-20-8-5-15(25(27,28)29)12-19(20)32(34)35/h3-12H,2H2,1H3/b18-9-. The Morgan fingerprint density at radius 3 is 2.50 bits per heavy atom. The van der Waals surface area contributed by atoms with Crippen LogP contribution in [0.5, 0.6) is 17.2 Å². The van der Waals surface area contributed by atoms with Crippen molar-refractivity contribution in [2.24, 2.45) is 4.99 Å². The molecule has 0 fully saturated rings. The highest BCUT2D eigenvalue weighted by atomic mass is 127. The summed E-state index contributed by atoms with van der Waals surface area (Å²) in [5, 5.41) is 11.4. The maximum Gasteiger partial charge on any atom is 0.416 e. The van der Waals surface area contributed by atoms with Gasteiger partial charge in [0.15, 0.2) is 17.2 Å². The minimum atomic E-state index is -4.76. The predicted molar refractivity (Wildman–Crippen MR) is 143 cm³/mol. The summed E-state index contributed by atoms with van der Waals surface area (Å²) in [5.74, 6) is -0.745. The molecule has 4 rings (SSSR count). The number of carbonyl (C=O) groups excluding carboxylic acids is 1. The molecule has 0 bridgehead atoms. The highest BCUT2D eigenvalue weighted by Crippen LogP contribution is 2.40. The highest BCUT2D eigenvalue weighted by molar-refractivity contribution is 14.1. The van der Waals surface area contributed by atoms with Crippen LogP contribution < -0.4 is 9.47 Å². The summed E-state index contributed by atoms with van der Waals surface area (Å²) in [5.41, 5.74) is -0.922. The number of hydrogen-bond acceptors (Lipinski definition) is 7. The minimum absolute atomic E-state index is 0.0267. The van der Waals surface area contributed by atoms with Gasteiger partial charge in [0.05, 0.1) is 17.1 Å². The lowest BCUT2D eigenvalue weighted by Crippen LogP contribution is -2.06. The lowest BCUT2D eigenvalue weighted by molar-refractivity contribution is -0.385. The highest BCUT2D eigenvalue weighted by Gasteiger charge is 2.33. The van der Waals surface area contributed by atoms with E-state index in [0.717, 1.165) is 14.1 Å². The SMILES string of the molecule is CCOc1cc(/C=C2\N=C(c3ccc(I)c(Br)c3)OC2=O)ccc1Oc1ccc(C(F)(F)F)cc1[N+](=O)[O-]. The number of ether oxygens (including phenoxy) is 3. The minimum Gasteiger partial charge on any atom is -0.490 e. The van der Waals surface area contributed by atoms with Crippen LogP contribution in [0.3, 0.4) is 0 Å². The van der Waals surface area contributed by atoms with Gasteiger partial charge in [0, 0.05) is 19.7 Å². The van der Waals surface area contributed by atoms with Crippen molar-refractivity contribution < 1.29 is 37.1 Å². The number of rotatable bonds is 7. The number of nitro groups is 1. The Morgan fingerprint density at radius 1 is 1.11 bits per heavy atom. The van der Waals surface area contributed by atoms with Gasteiger partial charge in [0.2, 0.25) is 11.6 Å². The van der Waals surface area contributed by atoms with Gasteiger partial charge in [-0.2, -0.15) is 13.2 Å². The third-order valence-electron chi connectivity index (χ3n) is 5.06. The van der Waals surface area contributed by atoms with Crippen molar-refractivity contribution in [3.63, 3.8) is 0 Å². The molecule has 0 atom stereocenters. The van der Waals surface area contributed by atoms with Crippen LogP contribution in [-0.4, -0.2) is 23.4 Å². The Morgan fingerprint density at radius 2 is 1.84 bits per heavy atom. The number of hydrogen-bond donors (Lipinski definition) is 0. The zero-order valence-electron chi connectivity index (χ0n) is 19.2. The number of nitrogens with zero attached hydrogens (tertiary/aromatic N) is 2. The van der Waals surface area contributed by atoms with Crippen LogP contribution in [0.4, 0.5) is 18.9 Å². The zero-order valence-corrected chi connectivity index (χ0v) is 23.0. The van der Waals surface area contributed by atoms with Gasteiger partial charge < -0.3 is 14.2 Å². The van der Waals surface area contributed by atoms with E-state index in [0.29, 0.717) is 23.3 Å². The number of esters is 1. The molecule has 1 aliphatic heterocycles. The van der Waals surface area contributed by atoms with E-state index >= 15 is 0 Å². The maximum absolute atomic E-state index is 13.0. The molecular formula is C25H15BrF3IN2O6. The summed E-state index contributed by atoms with van der Waals surface area (Å²) in [4.78, 5) is 27.1. The van der Waals surface area contributed by atoms with Gasteiger partial charge in [-0.3, -0.25) is 10.1 Å². The molecule has 13 heteroatoms. The molecule has 196 valence electrons. The van der Waals surface area contributed by atoms with Crippen molar-refractivity contribution in [1.29, 1.82) is 0 Å². The molecule has 3 aromatic carbocycles. The Kier molecular flexibility index (Phi) is 8.06. The summed E-state index contributed by atoms with van der Waals surface area (Å²) >= 11 is 5.57. The Bertz CT molecular complexity index is 1510. The number of nitro benzene ring substituents is 1. The average Bonchev–Trinajstić information content (AvgIpc) is 3.22. The van der Waals surface area contributed by atoms with Gasteiger partial charge in [-0.1, -0.05) is 6.07 Å². The van der Waals surface area contributed by atoms with Crippen molar-refractivity contribution in [3.8, 4) is 17.2 Å². The molecule has 3 aromatic rings. The van der Waals surface area contributed by atoms with Gasteiger partial charge in [0.25, 0.3) is 0 Å². The smallest absolute Gasteiger partial charge is 0.416 e. The number of benzene rings is 3. The van der Waals surface area contributed by atoms with Gasteiger partial charge in [-0.25, -0.2) is 9.79 Å². The Hall–Kier alpha value is -3.46. The van der Waals surface area contributed by atoms with E-state index in [2.05, 4.69) is 43.5 Å². The Balaban J connectivity index is 1.65. The van der Waals surface area contributed by atoms with E-state index in [1.807, 2.05) is 6.07 Å². The second kappa shape index (κ2) is 11.1. The first-order valence-electron chi connectivity index (χ1n) is 10.7. The van der Waals surface area contributed by atoms with Gasteiger partial charge in [-0.05, 0) is 99.5 Å². The quantitative estimate of drug-likeness (QED) is 0.0831. The summed E-state index contributed by atoms with van der Waals surface area (Å²) in [7, 11) is 0. The number of alkyl halides is 3. The molecule has 0 spiro atoms. The molecule has 38 heavy (non-hydrogen) atoms. The van der Waals surface area contributed by atoms with Crippen LogP contribution >= 0.6 is 38.5 Å². The fourth-order valence-electron chi connectivity index (χ4n) is 3.33. The van der Waals surface area contributed by atoms with Gasteiger partial charge in [0.1, 0.15) is 0 Å². The first-order valence-corrected chi connectivity index (χ1v) is 12.6. The average molecular weight is 703 g/mol. The number of cyclic esters (lactones) is 1. The third-order valence-corrected chi connectivity index (χ3v) is 7.40. The van der Waals surface area contributed by atoms with Crippen molar-refractivity contribution in [2.45, 2.75) is 13.1 Å². The second-order valence-corrected chi connectivity index (χ2v) is 9.66. The number of carbonyl (C=O) groups is 1. The fraction of sp³-hybridized carbons (Fsp3) is 0.120. The molecule has 0 N–H and O–H groups in total. The lowest BCUT2D eigenvalue weighted by Gasteiger charge is -2.13. The molecule has 0 amide bonds. The summed E-state index contributed by atoms with van der Waals surface area (Å²) < 4.78 is 57.3. The van der Waals surface area contributed by atoms with Crippen LogP contribution in [0.15, 0.2) is 69.8 Å². The van der Waals surface area contributed by atoms with E-state index in [9.17, 15) is 28.1 Å². The molecule has 0 aromatic heterocycles. The van der Waals surface area contributed by atoms with Gasteiger partial charge in [-0.15, -0.1) is 0 Å². The molecular weight excluding hydrogens is 688 g/mol. The van der Waals surface area contributed by atoms with Crippen molar-refractivity contribution in [2.75, 3.05) is 6.61 Å². The van der Waals surface area contributed by atoms with E-state index in [1.165, 1.54) is 24.3 Å². The normalized spacial score (nSPS) is 14.3. The zero-order chi connectivity index (χ0) is 27.6. The third kappa shape index (κ3) is 6.15. The number of halogens is 5. The van der Waals surface area contributed by atoms with Gasteiger partial charge >= 0.3 is 17.8 Å². The molecule has 0 aliphatic carbocycles. The number of aliphatic imine (C=N–C) groups is 1. The van der Waals surface area contributed by atoms with Crippen molar-refractivity contribution >= 4 is 62.2 Å². The summed E-state index contributed by atoms with van der Waals surface area (Å²) in [6.07, 6.45) is -3.29. The van der Waals surface area contributed by atoms with E-state index in [-0.39, 0.29) is 29.7 Å². The predicted octanol–water partition coefficient (Wildman–Crippen LogP) is 7.52. The molecule has 0 saturated heterocycles. The molecule has 8 nitrogen and oxygen atoms in total. The molecule has 1 heterocycles. The first kappa shape index (κ1) is 27.6. The summed E-state index contributed by atoms with van der Waals surface area (Å²) in [6, 6.07) is 11.8. The largest absolute Gasteiger partial charge is 0.490 e. The van der Waals surface area contributed by atoms with Crippen LogP contribution in [0.25, 0.3) is 6.08 Å². The van der Waals surface area contributed by atoms with Crippen molar-refractivity contribution in [1.82, 2.24) is 0 Å². The maximum atomic E-state index is 13.0. The molecule has 0 unspecified atom stereocenters. The van der Waals surface area contributed by atoms with Crippen LogP contribution in [0, 0.1) is 13.7 Å². The first-order chi connectivity index (χ1) is 18.0. The molecule has 0 saturated carbocycles. The van der Waals surface area contributed by atoms with Crippen LogP contribution in [0.2, 0.25) is 0 Å². The van der Waals surface area contributed by atoms with E-state index in [4.69, 9.17) is 14.2 Å². The topological polar surface area (TPSA) is 100 Å². The van der Waals surface area contributed by atoms with E-state index < -0.39 is 34.1 Å². The fourth-order valence-corrected chi connectivity index (χ4v) is 4.04. The molecule has 0 radical (unpaired) electrons. The van der Waals surface area contributed by atoms with Crippen LogP contribution in [-0.2, 0) is 15.7 Å². The lowest BCUT2D eigenvalue weighted by atomic mass is 10.1. The molecule has 1 aliphatic rings. The summed E-state index contributed by atoms with van der Waals surface area (Å²) in [6.45, 7) is 1.89. The van der Waals surface area contributed by atoms with E-state index in [1.54, 1.807) is 19.1 Å². The second-order valence-electron chi connectivity index (χ2n) is 7.64.